The molecule has 1 aliphatic rings. The molecule has 19 nitrogen and oxygen atoms in total. The number of carboxylic acids is 1. The van der Waals surface area contributed by atoms with Gasteiger partial charge in [0, 0.05) is 37.8 Å². The van der Waals surface area contributed by atoms with E-state index < -0.39 is 59.9 Å². The van der Waals surface area contributed by atoms with Crippen LogP contribution in [0, 0.1) is 5.92 Å². The van der Waals surface area contributed by atoms with Crippen LogP contribution in [0.15, 0.2) is 50.5 Å². The number of aromatic nitrogens is 7. The van der Waals surface area contributed by atoms with Gasteiger partial charge in [-0.15, -0.1) is 68.0 Å². The number of rotatable bonds is 6. The van der Waals surface area contributed by atoms with Gasteiger partial charge >= 0.3 is 5.97 Å². The van der Waals surface area contributed by atoms with Crippen LogP contribution in [0.5, 0.6) is 0 Å². The molecule has 25 heteroatoms. The number of pyridine rings is 1. The Morgan fingerprint density at radius 2 is 1.08 bits per heavy atom. The Balaban J connectivity index is 1.20. The van der Waals surface area contributed by atoms with Gasteiger partial charge in [0.2, 0.25) is 5.91 Å². The Labute approximate surface area is 398 Å². The van der Waals surface area contributed by atoms with Crippen molar-refractivity contribution in [3.63, 3.8) is 0 Å². The standard InChI is InChI=1S/C41H37N11O8S6/c1-6-19-36-46-23(11-62-36)31(55)50-27(15(2)3)39-47-24(12-66-39)33(57)52-29(17(5)54)40-44-21(9-65-40)30-18(35-45-22(10-61-35)32(56)51-28(16(4)53)34(58)43-19)7-8-20(42-30)37-48-25(13-63-37)38-49-26(14-64-38)41(59)60/h6-17,27-29,53-54H,1-5H3,(H,43,58)(H,50,55)(H,51,56)(H,52,57)(H,59,60)/b19-6-/t16-,17-,27+,28+,29+/m1/s1. The third-order valence-corrected chi connectivity index (χ3v) is 15.2. The topological polar surface area (TPSA) is 284 Å². The molecule has 7 aromatic heterocycles. The van der Waals surface area contributed by atoms with Crippen molar-refractivity contribution >= 4 is 103 Å². The number of carbonyl (C=O) groups is 5. The largest absolute Gasteiger partial charge is 0.476 e. The van der Waals surface area contributed by atoms with Crippen LogP contribution in [0.3, 0.4) is 0 Å². The van der Waals surface area contributed by atoms with E-state index in [1.165, 1.54) is 64.0 Å². The fraction of sp³-hybridized carbons (Fsp3) is 0.268. The quantitative estimate of drug-likeness (QED) is 0.0986. The Bertz CT molecular complexity index is 3020. The van der Waals surface area contributed by atoms with Gasteiger partial charge in [0.05, 0.1) is 29.6 Å². The van der Waals surface area contributed by atoms with E-state index in [0.29, 0.717) is 58.4 Å². The van der Waals surface area contributed by atoms with E-state index in [4.69, 9.17) is 15.0 Å². The second-order valence-corrected chi connectivity index (χ2v) is 20.2. The number of aliphatic hydroxyl groups is 2. The SMILES string of the molecule is C/C=C1\NC(=O)[C@H]([C@@H](C)O)NC(=O)c2csc(n2)-c2ccc(-c3nc(-c4nc(C(=O)O)cs4)cs3)nc2-c2csc(n2)[C@H]([C@@H](C)O)NC(=O)c2csc(n2)[C@H](C(C)C)NC(=O)c2csc1n2. The molecule has 0 spiro atoms. The summed E-state index contributed by atoms with van der Waals surface area (Å²) >= 11 is 6.99. The molecule has 0 aromatic carbocycles. The van der Waals surface area contributed by atoms with Gasteiger partial charge in [-0.2, -0.15) is 0 Å². The van der Waals surface area contributed by atoms with Crippen LogP contribution < -0.4 is 21.3 Å². The molecule has 1 aliphatic heterocycles. The lowest BCUT2D eigenvalue weighted by atomic mass is 10.1. The van der Waals surface area contributed by atoms with Gasteiger partial charge in [-0.25, -0.2) is 39.7 Å². The summed E-state index contributed by atoms with van der Waals surface area (Å²) < 4.78 is 0. The van der Waals surface area contributed by atoms with Gasteiger partial charge in [-0.1, -0.05) is 19.9 Å². The molecule has 0 aliphatic carbocycles. The van der Waals surface area contributed by atoms with Crippen molar-refractivity contribution in [1.29, 1.82) is 0 Å². The lowest BCUT2D eigenvalue weighted by Gasteiger charge is -2.21. The number of allylic oxidation sites excluding steroid dienone is 1. The fourth-order valence-corrected chi connectivity index (χ4v) is 11.6. The molecule has 0 fully saturated rings. The number of amides is 4. The smallest absolute Gasteiger partial charge is 0.355 e. The van der Waals surface area contributed by atoms with E-state index in [-0.39, 0.29) is 34.4 Å². The summed E-state index contributed by atoms with van der Waals surface area (Å²) in [7, 11) is 0. The molecule has 66 heavy (non-hydrogen) atoms. The average Bonchev–Trinajstić information content (AvgIpc) is 4.14. The molecule has 7 aromatic rings. The maximum Gasteiger partial charge on any atom is 0.355 e. The molecule has 0 saturated heterocycles. The van der Waals surface area contributed by atoms with Gasteiger partial charge in [-0.3, -0.25) is 19.2 Å². The van der Waals surface area contributed by atoms with Crippen molar-refractivity contribution in [2.24, 2.45) is 5.92 Å². The van der Waals surface area contributed by atoms with E-state index in [1.807, 2.05) is 13.8 Å². The first-order valence-electron chi connectivity index (χ1n) is 19.8. The minimum atomic E-state index is -1.43. The van der Waals surface area contributed by atoms with Gasteiger partial charge < -0.3 is 36.6 Å². The van der Waals surface area contributed by atoms with Crippen LogP contribution in [0.4, 0.5) is 0 Å². The van der Waals surface area contributed by atoms with Gasteiger partial charge in [-0.05, 0) is 38.8 Å². The first-order chi connectivity index (χ1) is 31.6. The summed E-state index contributed by atoms with van der Waals surface area (Å²) in [5.41, 5.74) is 2.26. The maximum absolute atomic E-state index is 13.8. The van der Waals surface area contributed by atoms with Crippen molar-refractivity contribution in [3.05, 3.63) is 88.3 Å². The molecule has 8 rings (SSSR count). The molecular formula is C41H37N11O8S6. The lowest BCUT2D eigenvalue weighted by Crippen LogP contribution is -2.52. The minimum Gasteiger partial charge on any atom is -0.476 e. The molecule has 7 N–H and O–H groups in total. The summed E-state index contributed by atoms with van der Waals surface area (Å²) in [6.45, 7) is 8.33. The molecular weight excluding hydrogens is 967 g/mol. The number of fused-ring (bicyclic) bond motifs is 11. The van der Waals surface area contributed by atoms with Crippen molar-refractivity contribution in [3.8, 4) is 43.4 Å². The molecule has 4 amide bonds. The van der Waals surface area contributed by atoms with Crippen molar-refractivity contribution in [1.82, 2.24) is 56.2 Å². The number of aromatic carboxylic acids is 1. The molecule has 0 radical (unpaired) electrons. The normalized spacial score (nSPS) is 18.8. The summed E-state index contributed by atoms with van der Waals surface area (Å²) in [5.74, 6) is -3.90. The number of hydrogen-bond acceptors (Lipinski definition) is 20. The Hall–Kier alpha value is -6.06. The van der Waals surface area contributed by atoms with E-state index in [0.717, 1.165) is 34.0 Å². The highest BCUT2D eigenvalue weighted by Gasteiger charge is 2.31. The van der Waals surface area contributed by atoms with Crippen molar-refractivity contribution in [2.45, 2.75) is 65.0 Å². The van der Waals surface area contributed by atoms with E-state index in [1.54, 1.807) is 41.3 Å². The first kappa shape index (κ1) is 46.5. The number of thiazole rings is 6. The summed E-state index contributed by atoms with van der Waals surface area (Å²) in [6.07, 6.45) is -0.873. The predicted molar refractivity (Wildman–Crippen MR) is 252 cm³/mol. The highest BCUT2D eigenvalue weighted by Crippen LogP contribution is 2.38. The van der Waals surface area contributed by atoms with Crippen LogP contribution in [0.2, 0.25) is 0 Å². The Kier molecular flexibility index (Phi) is 13.7. The number of aliphatic hydroxyl groups excluding tert-OH is 2. The van der Waals surface area contributed by atoms with Gasteiger partial charge in [0.1, 0.15) is 76.3 Å². The van der Waals surface area contributed by atoms with E-state index in [9.17, 15) is 39.3 Å². The molecule has 8 heterocycles. The zero-order valence-electron chi connectivity index (χ0n) is 35.1. The first-order valence-corrected chi connectivity index (χ1v) is 25.1. The second-order valence-electron chi connectivity index (χ2n) is 15.0. The lowest BCUT2D eigenvalue weighted by molar-refractivity contribution is -0.124. The van der Waals surface area contributed by atoms with Crippen LogP contribution in [-0.2, 0) is 4.79 Å². The van der Waals surface area contributed by atoms with Crippen molar-refractivity contribution < 1.29 is 39.3 Å². The van der Waals surface area contributed by atoms with Crippen molar-refractivity contribution in [2.75, 3.05) is 0 Å². The fourth-order valence-electron chi connectivity index (χ4n) is 6.42. The molecule has 0 saturated carbocycles. The van der Waals surface area contributed by atoms with Gasteiger partial charge in [0.15, 0.2) is 5.69 Å². The van der Waals surface area contributed by atoms with Crippen LogP contribution in [0.25, 0.3) is 49.1 Å². The summed E-state index contributed by atoms with van der Waals surface area (Å²) in [5, 5.41) is 54.1. The minimum absolute atomic E-state index is 0.0544. The summed E-state index contributed by atoms with van der Waals surface area (Å²) in [4.78, 5) is 98.6. The third-order valence-electron chi connectivity index (χ3n) is 9.87. The average molecular weight is 1000 g/mol. The molecule has 5 atom stereocenters. The molecule has 0 unspecified atom stereocenters. The third kappa shape index (κ3) is 9.73. The number of carboxylic acid groups (broad SMARTS) is 1. The van der Waals surface area contributed by atoms with E-state index in [2.05, 4.69) is 41.2 Å². The number of hydrogen-bond donors (Lipinski definition) is 7. The molecule has 8 bridgehead atoms. The number of carbonyl (C=O) groups excluding carboxylic acids is 4. The highest BCUT2D eigenvalue weighted by atomic mass is 32.1. The van der Waals surface area contributed by atoms with Gasteiger partial charge in [0.25, 0.3) is 17.7 Å². The Morgan fingerprint density at radius 1 is 0.576 bits per heavy atom. The van der Waals surface area contributed by atoms with Crippen LogP contribution >= 0.6 is 68.0 Å². The number of nitrogens with zero attached hydrogens (tertiary/aromatic N) is 7. The van der Waals surface area contributed by atoms with Crippen LogP contribution in [0.1, 0.15) is 104 Å². The molecule has 340 valence electrons. The highest BCUT2D eigenvalue weighted by molar-refractivity contribution is 7.15. The summed E-state index contributed by atoms with van der Waals surface area (Å²) in [6, 6.07) is 0.432. The predicted octanol–water partition coefficient (Wildman–Crippen LogP) is 6.14. The monoisotopic (exact) mass is 1000 g/mol. The second kappa shape index (κ2) is 19.4. The maximum atomic E-state index is 13.8. The Morgan fingerprint density at radius 3 is 1.71 bits per heavy atom. The zero-order valence-corrected chi connectivity index (χ0v) is 40.0. The van der Waals surface area contributed by atoms with E-state index >= 15 is 0 Å². The van der Waals surface area contributed by atoms with Crippen LogP contribution in [-0.4, -0.2) is 98.1 Å². The number of nitrogens with one attached hydrogen (secondary N) is 4. The zero-order chi connectivity index (χ0) is 47.0.